The second-order valence-corrected chi connectivity index (χ2v) is 6.35. The van der Waals surface area contributed by atoms with E-state index in [0.717, 1.165) is 0 Å². The average molecular weight is 368 g/mol. The van der Waals surface area contributed by atoms with E-state index in [2.05, 4.69) is 4.98 Å². The SMILES string of the molecule is CN1C(=O)C[C@H](O[C@@H]2O[C@H](C(=O)O)[C@@H](O)[C@H](O)[C@H]2O)[C@H]1c1cccnc1. The number of likely N-dealkylation sites (tertiary alicyclic amines) is 1. The summed E-state index contributed by atoms with van der Waals surface area (Å²) < 4.78 is 10.8. The number of aliphatic hydroxyl groups is 3. The summed E-state index contributed by atoms with van der Waals surface area (Å²) in [6.07, 6.45) is -6.12. The molecule has 2 fully saturated rings. The molecular weight excluding hydrogens is 348 g/mol. The van der Waals surface area contributed by atoms with Crippen LogP contribution in [0, 0.1) is 0 Å². The van der Waals surface area contributed by atoms with Gasteiger partial charge >= 0.3 is 5.97 Å². The normalized spacial score (nSPS) is 37.8. The van der Waals surface area contributed by atoms with Crippen LogP contribution in [0.15, 0.2) is 24.5 Å². The molecule has 2 aliphatic rings. The van der Waals surface area contributed by atoms with Gasteiger partial charge in [0.15, 0.2) is 12.4 Å². The molecule has 0 bridgehead atoms. The smallest absolute Gasteiger partial charge is 0.335 e. The lowest BCUT2D eigenvalue weighted by Gasteiger charge is -2.40. The minimum atomic E-state index is -1.80. The second-order valence-electron chi connectivity index (χ2n) is 6.35. The highest BCUT2D eigenvalue weighted by atomic mass is 16.7. The van der Waals surface area contributed by atoms with Crippen molar-refractivity contribution in [1.29, 1.82) is 0 Å². The molecule has 1 aromatic rings. The minimum Gasteiger partial charge on any atom is -0.479 e. The van der Waals surface area contributed by atoms with Crippen LogP contribution in [-0.4, -0.2) is 86.0 Å². The largest absolute Gasteiger partial charge is 0.479 e. The molecule has 1 aromatic heterocycles. The number of nitrogens with zero attached hydrogens (tertiary/aromatic N) is 2. The summed E-state index contributed by atoms with van der Waals surface area (Å²) in [6.45, 7) is 0. The summed E-state index contributed by atoms with van der Waals surface area (Å²) in [5.74, 6) is -1.70. The molecule has 26 heavy (non-hydrogen) atoms. The second kappa shape index (κ2) is 7.25. The van der Waals surface area contributed by atoms with Crippen molar-refractivity contribution in [3.63, 3.8) is 0 Å². The quantitative estimate of drug-likeness (QED) is 0.486. The Labute approximate surface area is 148 Å². The van der Waals surface area contributed by atoms with Gasteiger partial charge < -0.3 is 34.8 Å². The highest BCUT2D eigenvalue weighted by molar-refractivity contribution is 5.79. The van der Waals surface area contributed by atoms with Crippen molar-refractivity contribution in [2.45, 2.75) is 49.3 Å². The van der Waals surface area contributed by atoms with Crippen molar-refractivity contribution in [3.8, 4) is 0 Å². The number of likely N-dealkylation sites (N-methyl/N-ethyl adjacent to an activating group) is 1. The Morgan fingerprint density at radius 2 is 2.04 bits per heavy atom. The van der Waals surface area contributed by atoms with Crippen LogP contribution in [0.3, 0.4) is 0 Å². The number of aliphatic carboxylic acids is 1. The molecule has 0 aromatic carbocycles. The van der Waals surface area contributed by atoms with E-state index in [4.69, 9.17) is 14.6 Å². The predicted molar refractivity (Wildman–Crippen MR) is 83.6 cm³/mol. The molecule has 3 rings (SSSR count). The van der Waals surface area contributed by atoms with Gasteiger partial charge in [0.05, 0.1) is 18.6 Å². The summed E-state index contributed by atoms with van der Waals surface area (Å²) in [6, 6.07) is 2.95. The highest BCUT2D eigenvalue weighted by Crippen LogP contribution is 2.36. The average Bonchev–Trinajstić information content (AvgIpc) is 2.89. The summed E-state index contributed by atoms with van der Waals surface area (Å²) in [5, 5.41) is 38.8. The Hall–Kier alpha value is -2.11. The fraction of sp³-hybridized carbons (Fsp3) is 0.562. The Morgan fingerprint density at radius 1 is 1.31 bits per heavy atom. The predicted octanol–water partition coefficient (Wildman–Crippen LogP) is -1.74. The van der Waals surface area contributed by atoms with Crippen molar-refractivity contribution >= 4 is 11.9 Å². The zero-order valence-corrected chi connectivity index (χ0v) is 13.9. The number of hydrogen-bond donors (Lipinski definition) is 4. The summed E-state index contributed by atoms with van der Waals surface area (Å²) in [5.41, 5.74) is 0.700. The topological polar surface area (TPSA) is 150 Å². The molecule has 4 N–H and O–H groups in total. The highest BCUT2D eigenvalue weighted by Gasteiger charge is 2.50. The van der Waals surface area contributed by atoms with E-state index in [1.54, 1.807) is 31.6 Å². The first-order chi connectivity index (χ1) is 12.3. The third-order valence-corrected chi connectivity index (χ3v) is 4.69. The van der Waals surface area contributed by atoms with Crippen LogP contribution >= 0.6 is 0 Å². The molecule has 2 aliphatic heterocycles. The van der Waals surface area contributed by atoms with Gasteiger partial charge in [0.2, 0.25) is 5.91 Å². The standard InChI is InChI=1S/C16H20N2O8/c1-18-9(19)5-8(10(18)7-3-2-4-17-6-7)25-16-13(22)11(20)12(21)14(26-16)15(23)24/h2-4,6,8,10-14,16,20-22H,5H2,1H3,(H,23,24)/t8-,10+,11-,12-,13+,14-,16+/m0/s1. The van der Waals surface area contributed by atoms with Gasteiger partial charge in [0.25, 0.3) is 0 Å². The van der Waals surface area contributed by atoms with E-state index in [-0.39, 0.29) is 12.3 Å². The first-order valence-corrected chi connectivity index (χ1v) is 8.04. The molecule has 0 aliphatic carbocycles. The van der Waals surface area contributed by atoms with Gasteiger partial charge in [-0.15, -0.1) is 0 Å². The first-order valence-electron chi connectivity index (χ1n) is 8.04. The number of hydrogen-bond acceptors (Lipinski definition) is 8. The van der Waals surface area contributed by atoms with Gasteiger partial charge in [-0.1, -0.05) is 6.07 Å². The van der Waals surface area contributed by atoms with Gasteiger partial charge in [-0.05, 0) is 11.6 Å². The summed E-state index contributed by atoms with van der Waals surface area (Å²) in [7, 11) is 1.60. The van der Waals surface area contributed by atoms with Crippen molar-refractivity contribution in [3.05, 3.63) is 30.1 Å². The Balaban J connectivity index is 1.81. The van der Waals surface area contributed by atoms with Crippen LogP contribution < -0.4 is 0 Å². The fourth-order valence-electron chi connectivity index (χ4n) is 3.28. The summed E-state index contributed by atoms with van der Waals surface area (Å²) >= 11 is 0. The van der Waals surface area contributed by atoms with Crippen molar-refractivity contribution < 1.29 is 39.5 Å². The number of pyridine rings is 1. The molecule has 1 amide bonds. The van der Waals surface area contributed by atoms with Gasteiger partial charge in [-0.25, -0.2) is 4.79 Å². The van der Waals surface area contributed by atoms with Crippen molar-refractivity contribution in [2.24, 2.45) is 0 Å². The fourth-order valence-corrected chi connectivity index (χ4v) is 3.28. The molecule has 10 nitrogen and oxygen atoms in total. The number of aliphatic hydroxyl groups excluding tert-OH is 3. The third-order valence-electron chi connectivity index (χ3n) is 4.69. The van der Waals surface area contributed by atoms with E-state index >= 15 is 0 Å². The van der Waals surface area contributed by atoms with Gasteiger partial charge in [0, 0.05) is 19.4 Å². The van der Waals surface area contributed by atoms with Crippen molar-refractivity contribution in [2.75, 3.05) is 7.05 Å². The lowest BCUT2D eigenvalue weighted by Crippen LogP contribution is -2.61. The van der Waals surface area contributed by atoms with E-state index in [1.165, 1.54) is 4.90 Å². The van der Waals surface area contributed by atoms with Gasteiger partial charge in [0.1, 0.15) is 18.3 Å². The van der Waals surface area contributed by atoms with Crippen LogP contribution in [0.4, 0.5) is 0 Å². The van der Waals surface area contributed by atoms with Gasteiger partial charge in [-0.3, -0.25) is 9.78 Å². The van der Waals surface area contributed by atoms with E-state index in [9.17, 15) is 24.9 Å². The lowest BCUT2D eigenvalue weighted by molar-refractivity contribution is -0.305. The monoisotopic (exact) mass is 368 g/mol. The number of amides is 1. The summed E-state index contributed by atoms with van der Waals surface area (Å²) in [4.78, 5) is 28.8. The Kier molecular flexibility index (Phi) is 5.21. The van der Waals surface area contributed by atoms with E-state index in [1.807, 2.05) is 0 Å². The van der Waals surface area contributed by atoms with Crippen LogP contribution in [0.1, 0.15) is 18.0 Å². The van der Waals surface area contributed by atoms with Crippen LogP contribution in [-0.2, 0) is 19.1 Å². The maximum atomic E-state index is 12.1. The number of ether oxygens (including phenoxy) is 2. The zero-order chi connectivity index (χ0) is 19.0. The maximum absolute atomic E-state index is 12.1. The van der Waals surface area contributed by atoms with Gasteiger partial charge in [-0.2, -0.15) is 0 Å². The molecule has 0 unspecified atom stereocenters. The minimum absolute atomic E-state index is 0.0149. The number of carboxylic acid groups (broad SMARTS) is 1. The van der Waals surface area contributed by atoms with Crippen LogP contribution in [0.2, 0.25) is 0 Å². The molecule has 10 heteroatoms. The number of carbonyl (C=O) groups is 2. The van der Waals surface area contributed by atoms with Crippen LogP contribution in [0.5, 0.6) is 0 Å². The molecule has 3 heterocycles. The van der Waals surface area contributed by atoms with Crippen molar-refractivity contribution in [1.82, 2.24) is 9.88 Å². The third kappa shape index (κ3) is 3.29. The van der Waals surface area contributed by atoms with E-state index in [0.29, 0.717) is 5.56 Å². The molecular formula is C16H20N2O8. The Bertz CT molecular complexity index is 671. The zero-order valence-electron chi connectivity index (χ0n) is 13.9. The van der Waals surface area contributed by atoms with Crippen LogP contribution in [0.25, 0.3) is 0 Å². The number of rotatable bonds is 4. The molecule has 0 spiro atoms. The molecule has 0 radical (unpaired) electrons. The maximum Gasteiger partial charge on any atom is 0.335 e. The molecule has 142 valence electrons. The lowest BCUT2D eigenvalue weighted by atomic mass is 9.98. The molecule has 0 saturated carbocycles. The molecule has 7 atom stereocenters. The number of carboxylic acids is 1. The molecule has 2 saturated heterocycles. The number of carbonyl (C=O) groups excluding carboxylic acids is 1. The first kappa shape index (κ1) is 18.7. The Morgan fingerprint density at radius 3 is 2.65 bits per heavy atom. The van der Waals surface area contributed by atoms with E-state index < -0.39 is 48.8 Å². The number of aromatic nitrogens is 1.